The highest BCUT2D eigenvalue weighted by atomic mass is 16.5. The number of amides is 1. The molecule has 0 aromatic heterocycles. The van der Waals surface area contributed by atoms with Crippen molar-refractivity contribution in [3.05, 3.63) is 0 Å². The van der Waals surface area contributed by atoms with Gasteiger partial charge in [-0.15, -0.1) is 0 Å². The quantitative estimate of drug-likeness (QED) is 0.736. The zero-order chi connectivity index (χ0) is 14.7. The van der Waals surface area contributed by atoms with Gasteiger partial charge in [0.1, 0.15) is 6.54 Å². The number of carbonyl (C=O) groups is 3. The minimum atomic E-state index is -0.830. The Labute approximate surface area is 118 Å². The minimum absolute atomic E-state index is 0.00836. The molecule has 2 atom stereocenters. The molecule has 20 heavy (non-hydrogen) atoms. The summed E-state index contributed by atoms with van der Waals surface area (Å²) in [4.78, 5) is 36.6. The van der Waals surface area contributed by atoms with Crippen molar-refractivity contribution in [1.29, 1.82) is 0 Å². The zero-order valence-corrected chi connectivity index (χ0v) is 11.7. The summed E-state index contributed by atoms with van der Waals surface area (Å²) in [7, 11) is 0. The topological polar surface area (TPSA) is 83.9 Å². The van der Waals surface area contributed by atoms with Crippen molar-refractivity contribution in [2.75, 3.05) is 13.2 Å². The first-order valence-corrected chi connectivity index (χ1v) is 7.21. The molecule has 0 spiro atoms. The molecule has 0 saturated heterocycles. The fraction of sp³-hybridized carbons (Fsp3) is 0.786. The van der Waals surface area contributed by atoms with Crippen LogP contribution in [0.2, 0.25) is 0 Å². The summed E-state index contributed by atoms with van der Waals surface area (Å²) in [6.07, 6.45) is 3.37. The van der Waals surface area contributed by atoms with Gasteiger partial charge in [-0.1, -0.05) is 0 Å². The molecular formula is C14H21NO5. The Morgan fingerprint density at radius 1 is 1.15 bits per heavy atom. The largest absolute Gasteiger partial charge is 0.481 e. The molecular weight excluding hydrogens is 262 g/mol. The molecule has 0 aliphatic heterocycles. The van der Waals surface area contributed by atoms with E-state index in [9.17, 15) is 14.4 Å². The second-order valence-electron chi connectivity index (χ2n) is 5.55. The lowest BCUT2D eigenvalue weighted by molar-refractivity contribution is -0.151. The Morgan fingerprint density at radius 2 is 1.80 bits per heavy atom. The number of aliphatic carboxylic acids is 1. The van der Waals surface area contributed by atoms with E-state index in [4.69, 9.17) is 9.84 Å². The number of esters is 1. The molecule has 1 N–H and O–H groups in total. The molecule has 2 fully saturated rings. The van der Waals surface area contributed by atoms with Crippen molar-refractivity contribution in [2.45, 2.75) is 45.1 Å². The number of ether oxygens (including phenoxy) is 1. The number of carbonyl (C=O) groups excluding carboxylic acids is 2. The molecule has 2 aliphatic carbocycles. The molecule has 0 heterocycles. The van der Waals surface area contributed by atoms with E-state index in [1.54, 1.807) is 11.8 Å². The van der Waals surface area contributed by atoms with E-state index in [2.05, 4.69) is 0 Å². The molecule has 0 aromatic carbocycles. The summed E-state index contributed by atoms with van der Waals surface area (Å²) < 4.78 is 4.90. The maximum absolute atomic E-state index is 12.5. The van der Waals surface area contributed by atoms with E-state index < -0.39 is 11.9 Å². The van der Waals surface area contributed by atoms with Crippen LogP contribution >= 0.6 is 0 Å². The Morgan fingerprint density at radius 3 is 2.30 bits per heavy atom. The fourth-order valence-electron chi connectivity index (χ4n) is 2.78. The summed E-state index contributed by atoms with van der Waals surface area (Å²) in [6, 6.07) is 0.135. The maximum Gasteiger partial charge on any atom is 0.325 e. The van der Waals surface area contributed by atoms with Crippen molar-refractivity contribution >= 4 is 17.8 Å². The molecule has 6 nitrogen and oxygen atoms in total. The minimum Gasteiger partial charge on any atom is -0.481 e. The number of nitrogens with zero attached hydrogens (tertiary/aromatic N) is 1. The zero-order valence-electron chi connectivity index (χ0n) is 11.7. The van der Waals surface area contributed by atoms with Crippen LogP contribution in [-0.2, 0) is 19.1 Å². The number of hydrogen-bond donors (Lipinski definition) is 1. The third-order valence-electron chi connectivity index (χ3n) is 4.01. The van der Waals surface area contributed by atoms with Crippen LogP contribution < -0.4 is 0 Å². The van der Waals surface area contributed by atoms with Crippen LogP contribution in [0, 0.1) is 11.8 Å². The number of carboxylic acid groups (broad SMARTS) is 1. The molecule has 6 heteroatoms. The lowest BCUT2D eigenvalue weighted by atomic mass is 10.0. The van der Waals surface area contributed by atoms with Crippen LogP contribution in [0.4, 0.5) is 0 Å². The Balaban J connectivity index is 1.94. The van der Waals surface area contributed by atoms with E-state index in [0.717, 1.165) is 12.8 Å². The number of hydrogen-bond acceptors (Lipinski definition) is 4. The van der Waals surface area contributed by atoms with Gasteiger partial charge in [0.25, 0.3) is 0 Å². The van der Waals surface area contributed by atoms with Gasteiger partial charge in [0.15, 0.2) is 0 Å². The predicted molar refractivity (Wildman–Crippen MR) is 69.8 cm³/mol. The molecule has 1 amide bonds. The SMILES string of the molecule is CCOC(=O)CN(C(=O)C1CCC(C(=O)O)C1)C1CC1. The van der Waals surface area contributed by atoms with Gasteiger partial charge in [0.05, 0.1) is 12.5 Å². The molecule has 2 saturated carbocycles. The highest BCUT2D eigenvalue weighted by Crippen LogP contribution is 2.35. The highest BCUT2D eigenvalue weighted by molar-refractivity contribution is 5.85. The monoisotopic (exact) mass is 283 g/mol. The molecule has 2 unspecified atom stereocenters. The highest BCUT2D eigenvalue weighted by Gasteiger charge is 2.41. The normalized spacial score (nSPS) is 25.2. The van der Waals surface area contributed by atoms with E-state index in [0.29, 0.717) is 25.9 Å². The van der Waals surface area contributed by atoms with Gasteiger partial charge in [-0.25, -0.2) is 0 Å². The standard InChI is InChI=1S/C14H21NO5/c1-2-20-12(16)8-15(11-5-6-11)13(17)9-3-4-10(7-9)14(18)19/h9-11H,2-8H2,1H3,(H,18,19). The van der Waals surface area contributed by atoms with Gasteiger partial charge in [-0.05, 0) is 39.0 Å². The number of carboxylic acids is 1. The summed E-state index contributed by atoms with van der Waals surface area (Å²) in [5, 5.41) is 8.99. The fourth-order valence-corrected chi connectivity index (χ4v) is 2.78. The summed E-state index contributed by atoms with van der Waals surface area (Å²) >= 11 is 0. The van der Waals surface area contributed by atoms with Gasteiger partial charge >= 0.3 is 11.9 Å². The van der Waals surface area contributed by atoms with Gasteiger partial charge in [0, 0.05) is 12.0 Å². The first-order chi connectivity index (χ1) is 9.52. The van der Waals surface area contributed by atoms with Crippen LogP contribution in [-0.4, -0.2) is 47.0 Å². The lowest BCUT2D eigenvalue weighted by Gasteiger charge is -2.24. The molecule has 0 bridgehead atoms. The van der Waals surface area contributed by atoms with Crippen molar-refractivity contribution in [2.24, 2.45) is 11.8 Å². The van der Waals surface area contributed by atoms with Crippen LogP contribution in [0.1, 0.15) is 39.0 Å². The Bertz CT molecular complexity index is 404. The average molecular weight is 283 g/mol. The van der Waals surface area contributed by atoms with E-state index >= 15 is 0 Å². The van der Waals surface area contributed by atoms with Crippen molar-refractivity contribution < 1.29 is 24.2 Å². The van der Waals surface area contributed by atoms with Crippen LogP contribution in [0.25, 0.3) is 0 Å². The van der Waals surface area contributed by atoms with Gasteiger partial charge in [0.2, 0.25) is 5.91 Å². The van der Waals surface area contributed by atoms with Gasteiger partial charge in [-0.2, -0.15) is 0 Å². The number of rotatable bonds is 6. The molecule has 0 aromatic rings. The first kappa shape index (κ1) is 14.8. The van der Waals surface area contributed by atoms with E-state index in [1.807, 2.05) is 0 Å². The second-order valence-corrected chi connectivity index (χ2v) is 5.55. The van der Waals surface area contributed by atoms with Crippen molar-refractivity contribution in [3.8, 4) is 0 Å². The van der Waals surface area contributed by atoms with Crippen LogP contribution in [0.3, 0.4) is 0 Å². The average Bonchev–Trinajstić information content (AvgIpc) is 3.11. The summed E-state index contributed by atoms with van der Waals surface area (Å²) in [6.45, 7) is 2.03. The van der Waals surface area contributed by atoms with Crippen LogP contribution in [0.5, 0.6) is 0 Å². The smallest absolute Gasteiger partial charge is 0.325 e. The van der Waals surface area contributed by atoms with Gasteiger partial charge < -0.3 is 14.7 Å². The maximum atomic E-state index is 12.5. The predicted octanol–water partition coefficient (Wildman–Crippen LogP) is 1.04. The molecule has 2 aliphatic rings. The second kappa shape index (κ2) is 6.24. The summed E-state index contributed by atoms with van der Waals surface area (Å²) in [5.74, 6) is -1.98. The van der Waals surface area contributed by atoms with Gasteiger partial charge in [-0.3, -0.25) is 14.4 Å². The first-order valence-electron chi connectivity index (χ1n) is 7.21. The summed E-state index contributed by atoms with van der Waals surface area (Å²) in [5.41, 5.74) is 0. The Kier molecular flexibility index (Phi) is 4.62. The van der Waals surface area contributed by atoms with Crippen molar-refractivity contribution in [3.63, 3.8) is 0 Å². The van der Waals surface area contributed by atoms with E-state index in [1.165, 1.54) is 0 Å². The molecule has 112 valence electrons. The lowest BCUT2D eigenvalue weighted by Crippen LogP contribution is -2.41. The molecule has 0 radical (unpaired) electrons. The third kappa shape index (κ3) is 3.49. The Hall–Kier alpha value is -1.59. The third-order valence-corrected chi connectivity index (χ3v) is 4.01. The van der Waals surface area contributed by atoms with Crippen LogP contribution in [0.15, 0.2) is 0 Å². The van der Waals surface area contributed by atoms with E-state index in [-0.39, 0.29) is 30.4 Å². The van der Waals surface area contributed by atoms with Crippen molar-refractivity contribution in [1.82, 2.24) is 4.90 Å². The molecule has 2 rings (SSSR count).